The average molecular weight is 174 g/mol. The van der Waals surface area contributed by atoms with Crippen LogP contribution >= 0.6 is 0 Å². The molecule has 66 valence electrons. The molecule has 3 heterocycles. The van der Waals surface area contributed by atoms with Crippen LogP contribution in [0.15, 0.2) is 24.4 Å². The molecule has 0 fully saturated rings. The summed E-state index contributed by atoms with van der Waals surface area (Å²) in [5.74, 6) is 0. The van der Waals surface area contributed by atoms with Gasteiger partial charge in [0.05, 0.1) is 13.2 Å². The Morgan fingerprint density at radius 2 is 2.46 bits per heavy atom. The molecule has 0 saturated heterocycles. The molecule has 3 nitrogen and oxygen atoms in total. The molecule has 1 aliphatic rings. The third kappa shape index (κ3) is 0.971. The zero-order valence-corrected chi connectivity index (χ0v) is 7.23. The minimum absolute atomic E-state index is 0.719. The van der Waals surface area contributed by atoms with Crippen molar-refractivity contribution in [3.63, 3.8) is 0 Å². The molecule has 2 aromatic heterocycles. The summed E-state index contributed by atoms with van der Waals surface area (Å²) >= 11 is 0. The first kappa shape index (κ1) is 7.09. The fraction of sp³-hybridized carbons (Fsp3) is 0.300. The van der Waals surface area contributed by atoms with Gasteiger partial charge in [0.2, 0.25) is 0 Å². The van der Waals surface area contributed by atoms with Crippen molar-refractivity contribution in [2.75, 3.05) is 6.61 Å². The van der Waals surface area contributed by atoms with Gasteiger partial charge in [0.25, 0.3) is 0 Å². The number of rotatable bonds is 0. The highest BCUT2D eigenvalue weighted by atomic mass is 16.5. The highest BCUT2D eigenvalue weighted by Gasteiger charge is 2.12. The smallest absolute Gasteiger partial charge is 0.140 e. The van der Waals surface area contributed by atoms with Crippen molar-refractivity contribution in [3.8, 4) is 0 Å². The molecule has 13 heavy (non-hydrogen) atoms. The molecule has 0 atom stereocenters. The van der Waals surface area contributed by atoms with Crippen LogP contribution in [-0.4, -0.2) is 16.2 Å². The molecule has 2 aromatic rings. The van der Waals surface area contributed by atoms with Crippen LogP contribution in [0.1, 0.15) is 5.69 Å². The highest BCUT2D eigenvalue weighted by molar-refractivity contribution is 5.77. The Bertz CT molecular complexity index is 447. The number of pyridine rings is 1. The van der Waals surface area contributed by atoms with Crippen molar-refractivity contribution in [2.45, 2.75) is 13.2 Å². The highest BCUT2D eigenvalue weighted by Crippen LogP contribution is 2.20. The fourth-order valence-corrected chi connectivity index (χ4v) is 1.84. The number of hydrogen-bond donors (Lipinski definition) is 0. The Balaban J connectivity index is 2.34. The molecule has 3 rings (SSSR count). The van der Waals surface area contributed by atoms with Crippen LogP contribution in [0.2, 0.25) is 0 Å². The molecular formula is C10H10N2O. The van der Waals surface area contributed by atoms with Gasteiger partial charge in [-0.1, -0.05) is 0 Å². The lowest BCUT2D eigenvalue weighted by Gasteiger charge is -2.15. The van der Waals surface area contributed by atoms with E-state index in [1.54, 1.807) is 0 Å². The molecule has 0 bridgehead atoms. The van der Waals surface area contributed by atoms with Gasteiger partial charge in [-0.05, 0) is 18.2 Å². The van der Waals surface area contributed by atoms with Gasteiger partial charge in [0.1, 0.15) is 5.65 Å². The van der Waals surface area contributed by atoms with Crippen molar-refractivity contribution in [1.82, 2.24) is 9.55 Å². The summed E-state index contributed by atoms with van der Waals surface area (Å²) in [6.45, 7) is 2.44. The van der Waals surface area contributed by atoms with Gasteiger partial charge < -0.3 is 9.30 Å². The van der Waals surface area contributed by atoms with Crippen molar-refractivity contribution >= 4 is 11.0 Å². The monoisotopic (exact) mass is 174 g/mol. The lowest BCUT2D eigenvalue weighted by Crippen LogP contribution is -2.15. The summed E-state index contributed by atoms with van der Waals surface area (Å²) in [5.41, 5.74) is 2.32. The van der Waals surface area contributed by atoms with Crippen LogP contribution in [0.5, 0.6) is 0 Å². The minimum Gasteiger partial charge on any atom is -0.373 e. The van der Waals surface area contributed by atoms with Gasteiger partial charge in [0.15, 0.2) is 0 Å². The van der Waals surface area contributed by atoms with E-state index < -0.39 is 0 Å². The summed E-state index contributed by atoms with van der Waals surface area (Å²) in [7, 11) is 0. The predicted octanol–water partition coefficient (Wildman–Crippen LogP) is 1.57. The van der Waals surface area contributed by atoms with Crippen molar-refractivity contribution in [2.24, 2.45) is 0 Å². The van der Waals surface area contributed by atoms with Gasteiger partial charge in [-0.25, -0.2) is 4.98 Å². The third-order valence-electron chi connectivity index (χ3n) is 2.45. The lowest BCUT2D eigenvalue weighted by molar-refractivity contribution is 0.0863. The number of ether oxygens (including phenoxy) is 1. The molecule has 1 aliphatic heterocycles. The van der Waals surface area contributed by atoms with Gasteiger partial charge in [-0.2, -0.15) is 0 Å². The standard InChI is InChI=1S/C10H10N2O/c1-2-8-6-9-7-13-5-4-12(9)10(8)11-3-1/h1-3,6H,4-5,7H2. The Morgan fingerprint density at radius 1 is 1.46 bits per heavy atom. The molecule has 0 radical (unpaired) electrons. The van der Waals surface area contributed by atoms with Gasteiger partial charge in [-0.3, -0.25) is 0 Å². The SMILES string of the molecule is c1cnc2c(c1)cc1n2CCOC1. The lowest BCUT2D eigenvalue weighted by atomic mass is 10.3. The van der Waals surface area contributed by atoms with Crippen LogP contribution in [0.25, 0.3) is 11.0 Å². The predicted molar refractivity (Wildman–Crippen MR) is 49.4 cm³/mol. The van der Waals surface area contributed by atoms with E-state index in [1.807, 2.05) is 12.3 Å². The minimum atomic E-state index is 0.719. The summed E-state index contributed by atoms with van der Waals surface area (Å²) in [4.78, 5) is 4.36. The maximum Gasteiger partial charge on any atom is 0.140 e. The molecule has 0 amide bonds. The Hall–Kier alpha value is -1.35. The second-order valence-electron chi connectivity index (χ2n) is 3.26. The van der Waals surface area contributed by atoms with E-state index in [9.17, 15) is 0 Å². The van der Waals surface area contributed by atoms with Crippen LogP contribution in [0.3, 0.4) is 0 Å². The first-order valence-corrected chi connectivity index (χ1v) is 4.46. The molecule has 3 heteroatoms. The van der Waals surface area contributed by atoms with E-state index in [4.69, 9.17) is 4.74 Å². The summed E-state index contributed by atoms with van der Waals surface area (Å²) < 4.78 is 7.61. The maximum absolute atomic E-state index is 5.38. The number of hydrogen-bond acceptors (Lipinski definition) is 2. The third-order valence-corrected chi connectivity index (χ3v) is 2.45. The van der Waals surface area contributed by atoms with E-state index in [1.165, 1.54) is 11.1 Å². The normalized spacial score (nSPS) is 16.0. The quantitative estimate of drug-likeness (QED) is 0.606. The molecule has 0 aromatic carbocycles. The van der Waals surface area contributed by atoms with Crippen molar-refractivity contribution < 1.29 is 4.74 Å². The van der Waals surface area contributed by atoms with Crippen LogP contribution in [0, 0.1) is 0 Å². The largest absolute Gasteiger partial charge is 0.373 e. The van der Waals surface area contributed by atoms with Gasteiger partial charge in [0, 0.05) is 23.8 Å². The van der Waals surface area contributed by atoms with E-state index in [-0.39, 0.29) is 0 Å². The first-order chi connectivity index (χ1) is 6.45. The number of aromatic nitrogens is 2. The summed E-state index contributed by atoms with van der Waals surface area (Å²) in [6, 6.07) is 6.21. The fourth-order valence-electron chi connectivity index (χ4n) is 1.84. The van der Waals surface area contributed by atoms with E-state index >= 15 is 0 Å². The summed E-state index contributed by atoms with van der Waals surface area (Å²) in [5, 5.41) is 1.21. The van der Waals surface area contributed by atoms with Crippen LogP contribution in [-0.2, 0) is 17.9 Å². The zero-order valence-electron chi connectivity index (χ0n) is 7.23. The van der Waals surface area contributed by atoms with Crippen molar-refractivity contribution in [1.29, 1.82) is 0 Å². The van der Waals surface area contributed by atoms with Crippen LogP contribution in [0.4, 0.5) is 0 Å². The topological polar surface area (TPSA) is 27.1 Å². The molecule has 0 N–H and O–H groups in total. The second-order valence-corrected chi connectivity index (χ2v) is 3.26. The number of fused-ring (bicyclic) bond motifs is 3. The van der Waals surface area contributed by atoms with Gasteiger partial charge in [-0.15, -0.1) is 0 Å². The van der Waals surface area contributed by atoms with E-state index in [0.717, 1.165) is 25.4 Å². The molecule has 0 aliphatic carbocycles. The maximum atomic E-state index is 5.38. The first-order valence-electron chi connectivity index (χ1n) is 4.46. The Morgan fingerprint density at radius 3 is 3.46 bits per heavy atom. The zero-order chi connectivity index (χ0) is 8.67. The van der Waals surface area contributed by atoms with Gasteiger partial charge >= 0.3 is 0 Å². The Kier molecular flexibility index (Phi) is 1.40. The molecule has 0 unspecified atom stereocenters. The second kappa shape index (κ2) is 2.57. The summed E-state index contributed by atoms with van der Waals surface area (Å²) in [6.07, 6.45) is 1.84. The number of nitrogens with zero attached hydrogens (tertiary/aromatic N) is 2. The molecule has 0 saturated carbocycles. The average Bonchev–Trinajstić information content (AvgIpc) is 2.56. The van der Waals surface area contributed by atoms with E-state index in [0.29, 0.717) is 0 Å². The Labute approximate surface area is 76.0 Å². The van der Waals surface area contributed by atoms with Crippen LogP contribution < -0.4 is 0 Å². The molecule has 0 spiro atoms. The molecular weight excluding hydrogens is 164 g/mol. The van der Waals surface area contributed by atoms with E-state index in [2.05, 4.69) is 21.7 Å². The van der Waals surface area contributed by atoms with Crippen molar-refractivity contribution in [3.05, 3.63) is 30.1 Å².